The lowest BCUT2D eigenvalue weighted by Gasteiger charge is -2.21. The highest BCUT2D eigenvalue weighted by molar-refractivity contribution is 5.98. The summed E-state index contributed by atoms with van der Waals surface area (Å²) in [6.45, 7) is 2.71. The number of aldehydes is 1. The molecule has 7 aromatic carbocycles. The van der Waals surface area contributed by atoms with E-state index in [0.29, 0.717) is 42.2 Å². The number of epoxide rings is 1. The molecule has 10 aromatic rings. The van der Waals surface area contributed by atoms with Crippen LogP contribution in [0.1, 0.15) is 72.3 Å². The molecule has 1 amide bonds. The highest BCUT2D eigenvalue weighted by Crippen LogP contribution is 2.39. The molecule has 1 aliphatic rings. The van der Waals surface area contributed by atoms with E-state index in [0.717, 1.165) is 97.6 Å². The van der Waals surface area contributed by atoms with Crippen molar-refractivity contribution in [2.75, 3.05) is 25.6 Å². The Bertz CT molecular complexity index is 4410. The van der Waals surface area contributed by atoms with Crippen molar-refractivity contribution < 1.29 is 109 Å². The molecular formula is C66H48F16N6O9. The third-order valence-corrected chi connectivity index (χ3v) is 12.9. The van der Waals surface area contributed by atoms with Crippen molar-refractivity contribution >= 4 is 34.9 Å². The summed E-state index contributed by atoms with van der Waals surface area (Å²) in [4.78, 5) is 44.3. The van der Waals surface area contributed by atoms with Gasteiger partial charge in [0.25, 0.3) is 11.5 Å². The fraction of sp³-hybridized carbons (Fsp3) is 0.121. The van der Waals surface area contributed by atoms with Gasteiger partial charge in [0.2, 0.25) is 11.8 Å². The summed E-state index contributed by atoms with van der Waals surface area (Å²) in [7, 11) is 0. The second-order valence-electron chi connectivity index (χ2n) is 19.5. The molecule has 0 bridgehead atoms. The van der Waals surface area contributed by atoms with E-state index in [1.165, 1.54) is 65.2 Å². The maximum absolute atomic E-state index is 14.3. The van der Waals surface area contributed by atoms with Gasteiger partial charge in [0.1, 0.15) is 93.0 Å². The number of primary amides is 1. The molecule has 1 saturated heterocycles. The van der Waals surface area contributed by atoms with E-state index in [2.05, 4.69) is 21.5 Å². The molecule has 3 atom stereocenters. The second kappa shape index (κ2) is 33.9. The molecule has 0 spiro atoms. The van der Waals surface area contributed by atoms with Crippen molar-refractivity contribution in [3.8, 4) is 23.3 Å². The first kappa shape index (κ1) is 75.0. The topological polar surface area (TPSA) is 239 Å². The van der Waals surface area contributed by atoms with E-state index >= 15 is 0 Å². The fourth-order valence-electron chi connectivity index (χ4n) is 8.11. The van der Waals surface area contributed by atoms with Crippen LogP contribution >= 0.6 is 0 Å². The SMILES string of the molecule is C=Cc1ccc(F)cc1F.Fc1ccc([C@@H]2CO2)c(F)c1.NC(=O)c1cc(Oc2ncccc2C(F)(F)F)ccc1N.O=Cc1ccc(F)cc1F.O=c1ncn([C@H](CO)c2ccc(F)cc2F)c2ccc(Oc3ncccc3C(F)(F)F)cc12.OC[C@H](O)c1ccc(F)cc1F. The summed E-state index contributed by atoms with van der Waals surface area (Å²) < 4.78 is 222. The molecule has 0 radical (unpaired) electrons. The zero-order chi connectivity index (χ0) is 71.5. The molecule has 508 valence electrons. The fourth-order valence-corrected chi connectivity index (χ4v) is 8.11. The Kier molecular flexibility index (Phi) is 26.2. The molecule has 15 nitrogen and oxygen atoms in total. The Morgan fingerprint density at radius 3 is 1.52 bits per heavy atom. The van der Waals surface area contributed by atoms with Crippen LogP contribution in [0.5, 0.6) is 23.3 Å². The number of ether oxygens (including phenoxy) is 3. The molecule has 11 rings (SSSR count). The van der Waals surface area contributed by atoms with E-state index in [-0.39, 0.29) is 56.4 Å². The molecule has 31 heteroatoms. The van der Waals surface area contributed by atoms with Crippen molar-refractivity contribution in [2.24, 2.45) is 5.73 Å². The monoisotopic (exact) mass is 1370 g/mol. The number of anilines is 1. The molecule has 7 N–H and O–H groups in total. The summed E-state index contributed by atoms with van der Waals surface area (Å²) >= 11 is 0. The number of rotatable bonds is 13. The van der Waals surface area contributed by atoms with Crippen molar-refractivity contribution in [3.63, 3.8) is 0 Å². The van der Waals surface area contributed by atoms with Gasteiger partial charge < -0.3 is 45.6 Å². The van der Waals surface area contributed by atoms with Gasteiger partial charge in [-0.25, -0.2) is 53.9 Å². The first-order valence-electron chi connectivity index (χ1n) is 27.3. The lowest BCUT2D eigenvalue weighted by atomic mass is 10.1. The van der Waals surface area contributed by atoms with Gasteiger partial charge in [0.15, 0.2) is 6.29 Å². The number of halogens is 16. The maximum atomic E-state index is 14.3. The molecule has 0 saturated carbocycles. The van der Waals surface area contributed by atoms with Crippen LogP contribution in [-0.2, 0) is 17.1 Å². The Labute approximate surface area is 537 Å². The number of hydrogen-bond donors (Lipinski definition) is 5. The average molecular weight is 1370 g/mol. The molecule has 0 aliphatic carbocycles. The van der Waals surface area contributed by atoms with Crippen LogP contribution in [0.3, 0.4) is 0 Å². The number of alkyl halides is 6. The van der Waals surface area contributed by atoms with Crippen LogP contribution in [0, 0.1) is 58.2 Å². The number of nitrogens with zero attached hydrogens (tertiary/aromatic N) is 4. The van der Waals surface area contributed by atoms with Gasteiger partial charge in [-0.2, -0.15) is 31.3 Å². The van der Waals surface area contributed by atoms with E-state index in [1.54, 1.807) is 0 Å². The van der Waals surface area contributed by atoms with Gasteiger partial charge in [-0.3, -0.25) is 14.4 Å². The number of aliphatic hydroxyl groups is 3. The summed E-state index contributed by atoms with van der Waals surface area (Å²) in [5.74, 6) is -9.25. The van der Waals surface area contributed by atoms with E-state index in [1.807, 2.05) is 0 Å². The maximum Gasteiger partial charge on any atom is 0.421 e. The van der Waals surface area contributed by atoms with Gasteiger partial charge >= 0.3 is 12.4 Å². The predicted molar refractivity (Wildman–Crippen MR) is 317 cm³/mol. The predicted octanol–water partition coefficient (Wildman–Crippen LogP) is 14.4. The number of aromatic nitrogens is 4. The Balaban J connectivity index is 0.000000199. The van der Waals surface area contributed by atoms with Crippen molar-refractivity contribution in [3.05, 3.63) is 290 Å². The van der Waals surface area contributed by atoms with Crippen molar-refractivity contribution in [1.29, 1.82) is 0 Å². The number of aliphatic hydroxyl groups excluding tert-OH is 3. The van der Waals surface area contributed by atoms with Gasteiger partial charge in [-0.1, -0.05) is 30.9 Å². The van der Waals surface area contributed by atoms with Crippen LogP contribution in [0.25, 0.3) is 17.0 Å². The third-order valence-electron chi connectivity index (χ3n) is 12.9. The highest BCUT2D eigenvalue weighted by atomic mass is 19.4. The first-order valence-corrected chi connectivity index (χ1v) is 27.3. The van der Waals surface area contributed by atoms with E-state index < -0.39 is 130 Å². The Hall–Kier alpha value is -11.0. The number of nitrogens with two attached hydrogens (primary N) is 2. The zero-order valence-electron chi connectivity index (χ0n) is 49.2. The minimum Gasteiger partial charge on any atom is -0.438 e. The van der Waals surface area contributed by atoms with Gasteiger partial charge in [-0.05, 0) is 103 Å². The summed E-state index contributed by atoms with van der Waals surface area (Å²) in [6.07, 6.45) is -5.67. The molecule has 1 fully saturated rings. The molecule has 4 heterocycles. The van der Waals surface area contributed by atoms with Gasteiger partial charge in [-0.15, -0.1) is 0 Å². The van der Waals surface area contributed by atoms with Crippen molar-refractivity contribution in [2.45, 2.75) is 30.6 Å². The standard InChI is InChI=1S/C22H14F5N3O3.C13H10F3N3O2.C8H8F2O2.C8H6F2O.C8H6F2.C7H4F2O/c23-12-3-5-14(17(24)8-12)19(10-31)30-11-29-20(32)15-9-13(4-6-18(15)30)33-21-16(22(25,26)27)2-1-7-28-21;14-13(15,16)9-2-1-5-19-12(9)21-7-3-4-10(17)8(6-7)11(18)20;9-5-1-2-6(7(10)3-5)8(12)4-11;9-5-1-2-6(7(10)3-5)8-4-11-8;1-2-6-3-4-7(9)5-8(6)10;8-6-2-1-5(4-10)7(9)3-6/h1-9,11,19,31H,10H2;1-6H,17H2,(H2,18,20);1-3,8,11-12H,4H2;1-3,8H,4H2;2-5H,1H2;1-4H/t19-;;2*8-;;/m1.00../s1. The normalized spacial score (nSPS) is 12.8. The minimum absolute atomic E-state index is 0.0257. The van der Waals surface area contributed by atoms with Crippen LogP contribution in [0.2, 0.25) is 0 Å². The number of carbonyl (C=O) groups excluding carboxylic acids is 2. The number of fused-ring (bicyclic) bond motifs is 1. The van der Waals surface area contributed by atoms with Gasteiger partial charge in [0.05, 0.1) is 54.2 Å². The lowest BCUT2D eigenvalue weighted by Crippen LogP contribution is -2.21. The summed E-state index contributed by atoms with van der Waals surface area (Å²) in [5, 5.41) is 27.3. The lowest BCUT2D eigenvalue weighted by molar-refractivity contribution is -0.139. The smallest absolute Gasteiger partial charge is 0.421 e. The third kappa shape index (κ3) is 21.2. The molecular weight excluding hydrogens is 1320 g/mol. The van der Waals surface area contributed by atoms with E-state index in [9.17, 15) is 89.7 Å². The summed E-state index contributed by atoms with van der Waals surface area (Å²) in [6, 6.07) is 25.8. The molecule has 0 unspecified atom stereocenters. The van der Waals surface area contributed by atoms with Crippen LogP contribution in [0.4, 0.5) is 75.9 Å². The summed E-state index contributed by atoms with van der Waals surface area (Å²) in [5.41, 5.74) is 8.55. The zero-order valence-corrected chi connectivity index (χ0v) is 49.2. The molecule has 3 aromatic heterocycles. The minimum atomic E-state index is -4.71. The molecule has 1 aliphatic heterocycles. The number of amides is 1. The van der Waals surface area contributed by atoms with Crippen LogP contribution in [0.15, 0.2) is 182 Å². The number of pyridine rings is 2. The number of nitrogen functional groups attached to an aromatic ring is 1. The van der Waals surface area contributed by atoms with Crippen LogP contribution < -0.4 is 26.5 Å². The van der Waals surface area contributed by atoms with E-state index in [4.69, 9.17) is 35.9 Å². The highest BCUT2D eigenvalue weighted by Gasteiger charge is 2.36. The van der Waals surface area contributed by atoms with Gasteiger partial charge in [0, 0.05) is 70.7 Å². The first-order chi connectivity index (χ1) is 45.9. The van der Waals surface area contributed by atoms with Crippen molar-refractivity contribution in [1.82, 2.24) is 19.5 Å². The quantitative estimate of drug-likeness (QED) is 0.0313. The van der Waals surface area contributed by atoms with Crippen LogP contribution in [-0.4, -0.2) is 66.9 Å². The number of benzene rings is 7. The number of hydrogen-bond acceptors (Lipinski definition) is 13. The number of carbonyl (C=O) groups is 2. The Morgan fingerprint density at radius 1 is 0.608 bits per heavy atom. The largest absolute Gasteiger partial charge is 0.438 e. The Morgan fingerprint density at radius 2 is 1.07 bits per heavy atom. The average Bonchev–Trinajstić information content (AvgIpc) is 1.08. The molecule has 97 heavy (non-hydrogen) atoms. The second-order valence-corrected chi connectivity index (χ2v) is 19.5.